The molecule has 2 aromatic rings. The first-order valence-electron chi connectivity index (χ1n) is 20.2. The van der Waals surface area contributed by atoms with Crippen molar-refractivity contribution in [2.45, 2.75) is 121 Å². The summed E-state index contributed by atoms with van der Waals surface area (Å²) in [4.78, 5) is 111. The SMILES string of the molecule is CC1(C)S[C@@H]2[C@H](NC(=O)[C@H](N)c3ccccc3)C(=O)N2[C@H]1C(=O)N[C@@H](C(=O)N[C@@H]1C(=O)N2[C@@H]1SC(C)(C)[C@@H]2C(=O)OCOC(=O)C1N2C(=O)CC2S(=O)(=O)C1(C)C)c1ccccc1. The highest BCUT2D eigenvalue weighted by Gasteiger charge is 2.69. The van der Waals surface area contributed by atoms with E-state index in [-0.39, 0.29) is 6.42 Å². The van der Waals surface area contributed by atoms with Gasteiger partial charge in [0.15, 0.2) is 9.84 Å². The van der Waals surface area contributed by atoms with Crippen molar-refractivity contribution in [3.8, 4) is 0 Å². The maximum atomic E-state index is 14.2. The zero-order chi connectivity index (χ0) is 45.7. The molecule has 22 heteroatoms. The van der Waals surface area contributed by atoms with Gasteiger partial charge in [-0.3, -0.25) is 28.8 Å². The normalized spacial score (nSPS) is 30.8. The van der Waals surface area contributed by atoms with E-state index in [1.807, 2.05) is 0 Å². The van der Waals surface area contributed by atoms with Gasteiger partial charge in [0.25, 0.3) is 0 Å². The van der Waals surface area contributed by atoms with Gasteiger partial charge in [0.2, 0.25) is 42.2 Å². The van der Waals surface area contributed by atoms with Crippen molar-refractivity contribution in [3.63, 3.8) is 0 Å². The van der Waals surface area contributed by atoms with Gasteiger partial charge in [0, 0.05) is 9.49 Å². The third kappa shape index (κ3) is 7.03. The minimum atomic E-state index is -3.87. The molecule has 5 N–H and O–H groups in total. The molecule has 6 heterocycles. The maximum absolute atomic E-state index is 14.2. The van der Waals surface area contributed by atoms with Crippen LogP contribution < -0.4 is 21.7 Å². The molecule has 0 bridgehead atoms. The monoisotopic (exact) mass is 925 g/mol. The number of nitrogens with one attached hydrogen (secondary N) is 3. The number of rotatable bonds is 12. The number of amides is 6. The Kier molecular flexibility index (Phi) is 10.9. The molecule has 10 atom stereocenters. The van der Waals surface area contributed by atoms with Gasteiger partial charge in [0.1, 0.15) is 58.4 Å². The second-order valence-corrected chi connectivity index (χ2v) is 24.0. The Morgan fingerprint density at radius 1 is 0.714 bits per heavy atom. The number of benzene rings is 2. The highest BCUT2D eigenvalue weighted by atomic mass is 32.2. The lowest BCUT2D eigenvalue weighted by Gasteiger charge is -2.45. The summed E-state index contributed by atoms with van der Waals surface area (Å²) in [5, 5.41) is 5.86. The van der Waals surface area contributed by atoms with Crippen LogP contribution in [0.5, 0.6) is 0 Å². The van der Waals surface area contributed by atoms with E-state index < -0.39 is 137 Å². The molecule has 6 amide bonds. The summed E-state index contributed by atoms with van der Waals surface area (Å²) in [7, 11) is -3.87. The molecule has 6 aliphatic rings. The van der Waals surface area contributed by atoms with Crippen molar-refractivity contribution in [2.75, 3.05) is 6.79 Å². The van der Waals surface area contributed by atoms with Crippen LogP contribution in [0.25, 0.3) is 0 Å². The van der Waals surface area contributed by atoms with Crippen molar-refractivity contribution in [2.24, 2.45) is 5.73 Å². The Morgan fingerprint density at radius 2 is 1.19 bits per heavy atom. The standard InChI is InChI=1S/C41H47N7O12S3/c1-39(2)27(47-33(53)25(35(47)61-39)44-30(50)23(42)19-13-9-7-10-14-19)32(52)43-24(20-15-11-8-12-16-20)31(51)45-26-34(54)48-28(40(3,4)62-36(26)48)37(55)59-18-60-38(56)29-41(5,6)63(57,58)22-17-21(49)46(22)29/h7-16,22-29,35-36H,17-18,42H2,1-6H3,(H,43,52)(H,44,50)(H,45,51)/t22?,23-,24-,25-,26-,27+,28+,29?,35-,36-/m1/s1. The second-order valence-electron chi connectivity index (χ2n) is 17.8. The molecule has 0 aliphatic carbocycles. The number of ether oxygens (including phenoxy) is 2. The van der Waals surface area contributed by atoms with Crippen LogP contribution in [0.2, 0.25) is 0 Å². The van der Waals surface area contributed by atoms with Crippen LogP contribution in [0.3, 0.4) is 0 Å². The van der Waals surface area contributed by atoms with E-state index in [9.17, 15) is 46.8 Å². The van der Waals surface area contributed by atoms with Gasteiger partial charge in [0.05, 0.1) is 11.2 Å². The van der Waals surface area contributed by atoms with Crippen LogP contribution >= 0.6 is 23.5 Å². The van der Waals surface area contributed by atoms with Crippen molar-refractivity contribution < 1.29 is 56.2 Å². The van der Waals surface area contributed by atoms with Gasteiger partial charge >= 0.3 is 11.9 Å². The van der Waals surface area contributed by atoms with Gasteiger partial charge in [-0.05, 0) is 52.7 Å². The Hall–Kier alpha value is -5.19. The first-order chi connectivity index (χ1) is 29.5. The molecule has 2 unspecified atom stereocenters. The summed E-state index contributed by atoms with van der Waals surface area (Å²) in [5.41, 5.74) is 7.14. The molecular formula is C41H47N7O12S3. The smallest absolute Gasteiger partial charge is 0.333 e. The summed E-state index contributed by atoms with van der Waals surface area (Å²) in [6, 6.07) is 9.04. The van der Waals surface area contributed by atoms with E-state index >= 15 is 0 Å². The van der Waals surface area contributed by atoms with Crippen LogP contribution in [0.4, 0.5) is 0 Å². The second kappa shape index (κ2) is 15.5. The molecule has 0 spiro atoms. The summed E-state index contributed by atoms with van der Waals surface area (Å²) < 4.78 is 32.8. The molecule has 2 aromatic carbocycles. The van der Waals surface area contributed by atoms with Crippen LogP contribution in [-0.2, 0) is 57.7 Å². The number of hydrogen-bond donors (Lipinski definition) is 4. The number of sulfone groups is 1. The number of thioether (sulfide) groups is 2. The van der Waals surface area contributed by atoms with E-state index in [2.05, 4.69) is 16.0 Å². The van der Waals surface area contributed by atoms with Crippen LogP contribution in [0.1, 0.15) is 71.2 Å². The van der Waals surface area contributed by atoms with Gasteiger partial charge in [-0.2, -0.15) is 0 Å². The zero-order valence-electron chi connectivity index (χ0n) is 35.0. The lowest BCUT2D eigenvalue weighted by molar-refractivity contribution is -0.181. The largest absolute Gasteiger partial charge is 0.426 e. The van der Waals surface area contributed by atoms with Crippen molar-refractivity contribution in [3.05, 3.63) is 71.8 Å². The molecule has 0 aromatic heterocycles. The van der Waals surface area contributed by atoms with Gasteiger partial charge in [-0.25, -0.2) is 18.0 Å². The first-order valence-corrected chi connectivity index (χ1v) is 23.5. The third-order valence-electron chi connectivity index (χ3n) is 12.7. The number of β-lactam (4-membered cyclic amide) rings is 3. The van der Waals surface area contributed by atoms with E-state index in [1.54, 1.807) is 88.4 Å². The molecular weight excluding hydrogens is 879 g/mol. The third-order valence-corrected chi connectivity index (χ3v) is 18.6. The highest BCUT2D eigenvalue weighted by Crippen LogP contribution is 2.53. The van der Waals surface area contributed by atoms with E-state index in [4.69, 9.17) is 15.2 Å². The Bertz CT molecular complexity index is 2420. The molecule has 336 valence electrons. The minimum absolute atomic E-state index is 0.234. The molecule has 6 fully saturated rings. The van der Waals surface area contributed by atoms with Crippen molar-refractivity contribution >= 4 is 80.7 Å². The molecule has 0 radical (unpaired) electrons. The Balaban J connectivity index is 0.903. The highest BCUT2D eigenvalue weighted by molar-refractivity contribution is 8.02. The number of carbonyl (C=O) groups is 8. The number of carbonyl (C=O) groups excluding carboxylic acids is 8. The minimum Gasteiger partial charge on any atom is -0.426 e. The molecule has 6 saturated heterocycles. The topological polar surface area (TPSA) is 261 Å². The lowest BCUT2D eigenvalue weighted by atomic mass is 9.93. The van der Waals surface area contributed by atoms with E-state index in [0.717, 1.165) is 4.90 Å². The summed E-state index contributed by atoms with van der Waals surface area (Å²) >= 11 is 2.56. The fourth-order valence-electron chi connectivity index (χ4n) is 9.27. The van der Waals surface area contributed by atoms with Crippen LogP contribution in [-0.4, -0.2) is 138 Å². The number of fused-ring (bicyclic) bond motifs is 3. The number of nitrogens with zero attached hydrogens (tertiary/aromatic N) is 3. The molecule has 0 saturated carbocycles. The summed E-state index contributed by atoms with van der Waals surface area (Å²) in [6.07, 6.45) is -0.234. The average Bonchev–Trinajstić information content (AvgIpc) is 3.70. The Labute approximate surface area is 371 Å². The van der Waals surface area contributed by atoms with Crippen molar-refractivity contribution in [1.29, 1.82) is 0 Å². The predicted octanol–water partition coefficient (Wildman–Crippen LogP) is -0.184. The molecule has 6 aliphatic heterocycles. The first kappa shape index (κ1) is 44.4. The quantitative estimate of drug-likeness (QED) is 0.122. The number of esters is 2. The van der Waals surface area contributed by atoms with Crippen LogP contribution in [0.15, 0.2) is 60.7 Å². The number of hydrogen-bond acceptors (Lipinski definition) is 15. The van der Waals surface area contributed by atoms with Crippen molar-refractivity contribution in [1.82, 2.24) is 30.7 Å². The lowest BCUT2D eigenvalue weighted by Crippen LogP contribution is -2.72. The fraction of sp³-hybridized carbons (Fsp3) is 0.512. The summed E-state index contributed by atoms with van der Waals surface area (Å²) in [5.74, 6) is -5.47. The Morgan fingerprint density at radius 3 is 1.73 bits per heavy atom. The average molecular weight is 926 g/mol. The molecule has 19 nitrogen and oxygen atoms in total. The molecule has 8 rings (SSSR count). The zero-order valence-corrected chi connectivity index (χ0v) is 37.5. The van der Waals surface area contributed by atoms with Gasteiger partial charge in [-0.15, -0.1) is 23.5 Å². The predicted molar refractivity (Wildman–Crippen MR) is 226 cm³/mol. The summed E-state index contributed by atoms with van der Waals surface area (Å²) in [6.45, 7) is 8.73. The van der Waals surface area contributed by atoms with Gasteiger partial charge in [-0.1, -0.05) is 60.7 Å². The van der Waals surface area contributed by atoms with E-state index in [1.165, 1.54) is 47.2 Å². The van der Waals surface area contributed by atoms with Crippen LogP contribution in [0, 0.1) is 0 Å². The maximum Gasteiger partial charge on any atom is 0.333 e. The number of nitrogens with two attached hydrogens (primary N) is 1. The van der Waals surface area contributed by atoms with E-state index in [0.29, 0.717) is 11.1 Å². The molecule has 63 heavy (non-hydrogen) atoms. The fourth-order valence-corrected chi connectivity index (χ4v) is 14.6. The van der Waals surface area contributed by atoms with Gasteiger partial charge < -0.3 is 45.9 Å².